The van der Waals surface area contributed by atoms with Gasteiger partial charge in [0.2, 0.25) is 5.91 Å². The van der Waals surface area contributed by atoms with E-state index in [1.165, 1.54) is 25.7 Å². The number of ether oxygens (including phenoxy) is 2. The van der Waals surface area contributed by atoms with Crippen LogP contribution in [0, 0.1) is 0 Å². The SMILES string of the molecule is COc1cc(NC(C)=O)c(Cl)cc1C(=O)NC1CC2COCC(C1)N2Cc1ccccc1. The van der Waals surface area contributed by atoms with Crippen molar-refractivity contribution < 1.29 is 19.1 Å². The van der Waals surface area contributed by atoms with Crippen LogP contribution in [0.25, 0.3) is 0 Å². The highest BCUT2D eigenvalue weighted by Crippen LogP contribution is 2.33. The zero-order valence-electron chi connectivity index (χ0n) is 18.3. The van der Waals surface area contributed by atoms with Crippen molar-refractivity contribution in [3.63, 3.8) is 0 Å². The van der Waals surface area contributed by atoms with Crippen LogP contribution in [0.1, 0.15) is 35.7 Å². The second kappa shape index (κ2) is 9.90. The Kier molecular flexibility index (Phi) is 6.98. The maximum atomic E-state index is 13.1. The lowest BCUT2D eigenvalue weighted by molar-refractivity contribution is -0.114. The van der Waals surface area contributed by atoms with Gasteiger partial charge in [-0.25, -0.2) is 0 Å². The van der Waals surface area contributed by atoms with Crippen LogP contribution < -0.4 is 15.4 Å². The smallest absolute Gasteiger partial charge is 0.255 e. The fourth-order valence-corrected chi connectivity index (χ4v) is 4.82. The predicted molar refractivity (Wildman–Crippen MR) is 123 cm³/mol. The van der Waals surface area contributed by atoms with Crippen LogP contribution in [0.2, 0.25) is 5.02 Å². The molecule has 2 bridgehead atoms. The number of rotatable bonds is 6. The highest BCUT2D eigenvalue weighted by Gasteiger charge is 2.39. The normalized spacial score (nSPS) is 22.8. The van der Waals surface area contributed by atoms with E-state index in [1.807, 2.05) is 6.07 Å². The first-order valence-corrected chi connectivity index (χ1v) is 11.2. The molecule has 7 nitrogen and oxygen atoms in total. The highest BCUT2D eigenvalue weighted by molar-refractivity contribution is 6.34. The molecular formula is C24H28ClN3O4. The van der Waals surface area contributed by atoms with Gasteiger partial charge in [-0.05, 0) is 24.5 Å². The lowest BCUT2D eigenvalue weighted by Crippen LogP contribution is -2.60. The van der Waals surface area contributed by atoms with E-state index in [2.05, 4.69) is 39.8 Å². The molecule has 2 amide bonds. The van der Waals surface area contributed by atoms with Gasteiger partial charge in [0.25, 0.3) is 5.91 Å². The Labute approximate surface area is 193 Å². The van der Waals surface area contributed by atoms with Crippen molar-refractivity contribution in [1.29, 1.82) is 0 Å². The number of benzene rings is 2. The molecule has 2 aliphatic rings. The molecule has 2 heterocycles. The van der Waals surface area contributed by atoms with E-state index >= 15 is 0 Å². The molecule has 2 aromatic carbocycles. The van der Waals surface area contributed by atoms with Gasteiger partial charge in [-0.2, -0.15) is 0 Å². The first-order chi connectivity index (χ1) is 15.4. The largest absolute Gasteiger partial charge is 0.496 e. The minimum absolute atomic E-state index is 0.0342. The van der Waals surface area contributed by atoms with Crippen molar-refractivity contribution in [1.82, 2.24) is 10.2 Å². The zero-order chi connectivity index (χ0) is 22.7. The molecule has 4 rings (SSSR count). The highest BCUT2D eigenvalue weighted by atomic mass is 35.5. The number of carbonyl (C=O) groups is 2. The van der Waals surface area contributed by atoms with Crippen LogP contribution >= 0.6 is 11.6 Å². The molecule has 0 spiro atoms. The number of carbonyl (C=O) groups excluding carboxylic acids is 2. The number of fused-ring (bicyclic) bond motifs is 2. The van der Waals surface area contributed by atoms with Crippen molar-refractivity contribution in [2.45, 2.75) is 44.4 Å². The molecule has 2 aromatic rings. The molecule has 8 heteroatoms. The van der Waals surface area contributed by atoms with Gasteiger partial charge in [-0.3, -0.25) is 14.5 Å². The summed E-state index contributed by atoms with van der Waals surface area (Å²) in [7, 11) is 1.49. The molecular weight excluding hydrogens is 430 g/mol. The van der Waals surface area contributed by atoms with Gasteiger partial charge in [0.05, 0.1) is 36.6 Å². The Hall–Kier alpha value is -2.61. The van der Waals surface area contributed by atoms with Crippen LogP contribution in [-0.4, -0.2) is 55.2 Å². The van der Waals surface area contributed by atoms with Gasteiger partial charge in [-0.15, -0.1) is 0 Å². The molecule has 0 radical (unpaired) electrons. The summed E-state index contributed by atoms with van der Waals surface area (Å²) in [4.78, 5) is 27.0. The Morgan fingerprint density at radius 1 is 1.16 bits per heavy atom. The number of piperidine rings is 1. The lowest BCUT2D eigenvalue weighted by Gasteiger charge is -2.48. The van der Waals surface area contributed by atoms with Crippen LogP contribution in [0.15, 0.2) is 42.5 Å². The number of nitrogens with zero attached hydrogens (tertiary/aromatic N) is 1. The maximum Gasteiger partial charge on any atom is 0.255 e. The quantitative estimate of drug-likeness (QED) is 0.694. The summed E-state index contributed by atoms with van der Waals surface area (Å²) in [6.45, 7) is 3.61. The Morgan fingerprint density at radius 3 is 2.47 bits per heavy atom. The summed E-state index contributed by atoms with van der Waals surface area (Å²) < 4.78 is 11.2. The number of amides is 2. The van der Waals surface area contributed by atoms with E-state index in [9.17, 15) is 9.59 Å². The number of nitrogens with one attached hydrogen (secondary N) is 2. The first kappa shape index (κ1) is 22.6. The van der Waals surface area contributed by atoms with Crippen molar-refractivity contribution in [2.24, 2.45) is 0 Å². The third-order valence-electron chi connectivity index (χ3n) is 6.06. The van der Waals surface area contributed by atoms with E-state index in [-0.39, 0.29) is 35.0 Å². The molecule has 2 atom stereocenters. The lowest BCUT2D eigenvalue weighted by atomic mass is 9.89. The molecule has 2 N–H and O–H groups in total. The second-order valence-electron chi connectivity index (χ2n) is 8.36. The van der Waals surface area contributed by atoms with E-state index in [0.717, 1.165) is 19.4 Å². The van der Waals surface area contributed by atoms with Gasteiger partial charge in [-0.1, -0.05) is 41.9 Å². The summed E-state index contributed by atoms with van der Waals surface area (Å²) in [6, 6.07) is 14.1. The number of hydrogen-bond acceptors (Lipinski definition) is 5. The molecule has 0 saturated carbocycles. The Morgan fingerprint density at radius 2 is 1.84 bits per heavy atom. The monoisotopic (exact) mass is 457 g/mol. The summed E-state index contributed by atoms with van der Waals surface area (Å²) in [5.74, 6) is -0.124. The fraction of sp³-hybridized carbons (Fsp3) is 0.417. The predicted octanol–water partition coefficient (Wildman–Crippen LogP) is 3.47. The third kappa shape index (κ3) is 5.06. The first-order valence-electron chi connectivity index (χ1n) is 10.8. The minimum atomic E-state index is -0.248. The van der Waals surface area contributed by atoms with Gasteiger partial charge < -0.3 is 20.1 Å². The van der Waals surface area contributed by atoms with Crippen LogP contribution in [0.3, 0.4) is 0 Å². The summed E-state index contributed by atoms with van der Waals surface area (Å²) in [5, 5.41) is 6.09. The summed E-state index contributed by atoms with van der Waals surface area (Å²) in [6.07, 6.45) is 1.63. The molecule has 32 heavy (non-hydrogen) atoms. The van der Waals surface area contributed by atoms with Crippen molar-refractivity contribution in [3.8, 4) is 5.75 Å². The average molecular weight is 458 g/mol. The topological polar surface area (TPSA) is 79.9 Å². The molecule has 170 valence electrons. The molecule has 0 aliphatic carbocycles. The van der Waals surface area contributed by atoms with Gasteiger partial charge in [0.1, 0.15) is 5.75 Å². The van der Waals surface area contributed by atoms with E-state index in [4.69, 9.17) is 21.1 Å². The molecule has 2 aliphatic heterocycles. The van der Waals surface area contributed by atoms with Crippen LogP contribution in [0.4, 0.5) is 5.69 Å². The summed E-state index contributed by atoms with van der Waals surface area (Å²) in [5.41, 5.74) is 2.04. The average Bonchev–Trinajstić information content (AvgIpc) is 2.75. The molecule has 2 fully saturated rings. The van der Waals surface area contributed by atoms with Crippen molar-refractivity contribution >= 4 is 29.1 Å². The van der Waals surface area contributed by atoms with Gasteiger partial charge >= 0.3 is 0 Å². The van der Waals surface area contributed by atoms with Crippen molar-refractivity contribution in [3.05, 3.63) is 58.6 Å². The van der Waals surface area contributed by atoms with E-state index in [0.29, 0.717) is 30.2 Å². The molecule has 2 unspecified atom stereocenters. The van der Waals surface area contributed by atoms with E-state index in [1.54, 1.807) is 6.07 Å². The fourth-order valence-electron chi connectivity index (χ4n) is 4.61. The number of methoxy groups -OCH3 is 1. The van der Waals surface area contributed by atoms with Crippen LogP contribution in [-0.2, 0) is 16.1 Å². The van der Waals surface area contributed by atoms with Crippen molar-refractivity contribution in [2.75, 3.05) is 25.6 Å². The van der Waals surface area contributed by atoms with Gasteiger partial charge in [0, 0.05) is 37.7 Å². The standard InChI is InChI=1S/C24H28ClN3O4/c1-15(29)26-22-11-23(31-2)20(10-21(22)25)24(30)27-17-8-18-13-32-14-19(9-17)28(18)12-16-6-4-3-5-7-16/h3-7,10-11,17-19H,8-9,12-14H2,1-2H3,(H,26,29)(H,27,30). The number of morpholine rings is 1. The number of hydrogen-bond donors (Lipinski definition) is 2. The molecule has 2 saturated heterocycles. The van der Waals surface area contributed by atoms with E-state index < -0.39 is 0 Å². The second-order valence-corrected chi connectivity index (χ2v) is 8.77. The zero-order valence-corrected chi connectivity index (χ0v) is 19.0. The minimum Gasteiger partial charge on any atom is -0.496 e. The number of anilines is 1. The summed E-state index contributed by atoms with van der Waals surface area (Å²) >= 11 is 6.29. The Bertz CT molecular complexity index is 971. The number of halogens is 1. The third-order valence-corrected chi connectivity index (χ3v) is 6.37. The Balaban J connectivity index is 1.45. The molecule has 0 aromatic heterocycles. The maximum absolute atomic E-state index is 13.1. The van der Waals surface area contributed by atoms with Crippen LogP contribution in [0.5, 0.6) is 5.75 Å². The van der Waals surface area contributed by atoms with Gasteiger partial charge in [0.15, 0.2) is 0 Å².